The number of ether oxygens (including phenoxy) is 2. The van der Waals surface area contributed by atoms with Crippen molar-refractivity contribution in [1.29, 1.82) is 0 Å². The first kappa shape index (κ1) is 19.0. The van der Waals surface area contributed by atoms with Crippen LogP contribution in [0.2, 0.25) is 0 Å². The maximum atomic E-state index is 11.2. The summed E-state index contributed by atoms with van der Waals surface area (Å²) in [6.07, 6.45) is -0.665. The van der Waals surface area contributed by atoms with Gasteiger partial charge in [-0.25, -0.2) is 5.10 Å². The Labute approximate surface area is 147 Å². The first-order valence-corrected chi connectivity index (χ1v) is 8.08. The van der Waals surface area contributed by atoms with Crippen molar-refractivity contribution < 1.29 is 14.6 Å². The Bertz CT molecular complexity index is 732. The van der Waals surface area contributed by atoms with Crippen LogP contribution in [0.25, 0.3) is 11.3 Å². The van der Waals surface area contributed by atoms with E-state index < -0.39 is 6.10 Å². The summed E-state index contributed by atoms with van der Waals surface area (Å²) in [6.45, 7) is 6.63. The molecule has 3 N–H and O–H groups in total. The Balaban J connectivity index is 2.15. The van der Waals surface area contributed by atoms with Crippen molar-refractivity contribution >= 4 is 0 Å². The van der Waals surface area contributed by atoms with E-state index in [0.717, 1.165) is 0 Å². The highest BCUT2D eigenvalue weighted by Crippen LogP contribution is 2.32. The second kappa shape index (κ2) is 8.13. The van der Waals surface area contributed by atoms with Crippen molar-refractivity contribution in [2.75, 3.05) is 20.3 Å². The first-order valence-electron chi connectivity index (χ1n) is 8.08. The quantitative estimate of drug-likeness (QED) is 0.704. The molecule has 0 spiro atoms. The number of hydrogen-bond donors (Lipinski definition) is 3. The van der Waals surface area contributed by atoms with E-state index >= 15 is 0 Å². The fourth-order valence-electron chi connectivity index (χ4n) is 2.12. The molecule has 25 heavy (non-hydrogen) atoms. The zero-order valence-corrected chi connectivity index (χ0v) is 15.0. The molecular weight excluding hydrogens is 322 g/mol. The van der Waals surface area contributed by atoms with E-state index in [4.69, 9.17) is 9.47 Å². The minimum atomic E-state index is -0.665. The molecule has 2 aromatic rings. The van der Waals surface area contributed by atoms with Crippen molar-refractivity contribution in [2.45, 2.75) is 32.4 Å². The number of benzene rings is 1. The maximum absolute atomic E-state index is 11.2. The first-order chi connectivity index (χ1) is 11.8. The third-order valence-corrected chi connectivity index (χ3v) is 3.44. The molecule has 1 unspecified atom stereocenters. The number of methoxy groups -OCH3 is 1. The molecule has 0 amide bonds. The highest BCUT2D eigenvalue weighted by Gasteiger charge is 2.15. The van der Waals surface area contributed by atoms with E-state index in [-0.39, 0.29) is 17.7 Å². The molecule has 0 radical (unpaired) electrons. The van der Waals surface area contributed by atoms with Crippen LogP contribution in [0.5, 0.6) is 11.5 Å². The highest BCUT2D eigenvalue weighted by atomic mass is 16.5. The molecule has 0 bridgehead atoms. The van der Waals surface area contributed by atoms with Crippen molar-refractivity contribution in [3.8, 4) is 22.8 Å². The number of aliphatic hydroxyl groups excluding tert-OH is 1. The van der Waals surface area contributed by atoms with Crippen LogP contribution in [0.1, 0.15) is 20.8 Å². The molecule has 1 heterocycles. The molecule has 0 fully saturated rings. The third kappa shape index (κ3) is 5.88. The number of nitrogens with one attached hydrogen (secondary N) is 2. The molecule has 136 valence electrons. The van der Waals surface area contributed by atoms with Crippen molar-refractivity contribution in [3.05, 3.63) is 40.7 Å². The van der Waals surface area contributed by atoms with Crippen LogP contribution in [-0.4, -0.2) is 47.2 Å². The lowest BCUT2D eigenvalue weighted by Crippen LogP contribution is -2.42. The van der Waals surface area contributed by atoms with E-state index in [1.165, 1.54) is 6.07 Å². The zero-order chi connectivity index (χ0) is 18.4. The van der Waals surface area contributed by atoms with Crippen molar-refractivity contribution in [2.24, 2.45) is 0 Å². The third-order valence-electron chi connectivity index (χ3n) is 3.44. The Morgan fingerprint density at radius 1 is 1.28 bits per heavy atom. The van der Waals surface area contributed by atoms with Crippen molar-refractivity contribution in [1.82, 2.24) is 15.5 Å². The molecule has 7 nitrogen and oxygen atoms in total. The van der Waals surface area contributed by atoms with Crippen LogP contribution in [0, 0.1) is 0 Å². The van der Waals surface area contributed by atoms with E-state index in [9.17, 15) is 9.90 Å². The molecule has 2 rings (SSSR count). The Hall–Kier alpha value is -2.38. The van der Waals surface area contributed by atoms with Gasteiger partial charge in [0.15, 0.2) is 0 Å². The molecule has 1 aromatic carbocycles. The van der Waals surface area contributed by atoms with Gasteiger partial charge in [-0.05, 0) is 39.0 Å². The molecule has 0 aliphatic carbocycles. The number of nitrogens with zero attached hydrogens (tertiary/aromatic N) is 1. The van der Waals surface area contributed by atoms with E-state index in [1.807, 2.05) is 20.8 Å². The van der Waals surface area contributed by atoms with Gasteiger partial charge in [-0.3, -0.25) is 4.79 Å². The average Bonchev–Trinajstić information content (AvgIpc) is 2.58. The van der Waals surface area contributed by atoms with E-state index in [1.54, 1.807) is 31.4 Å². The number of aromatic nitrogens is 2. The molecule has 1 atom stereocenters. The number of rotatable bonds is 7. The average molecular weight is 347 g/mol. The molecule has 1 aromatic heterocycles. The smallest absolute Gasteiger partial charge is 0.264 e. The fraction of sp³-hybridized carbons (Fsp3) is 0.444. The second-order valence-corrected chi connectivity index (χ2v) is 6.76. The summed E-state index contributed by atoms with van der Waals surface area (Å²) in [7, 11) is 1.57. The summed E-state index contributed by atoms with van der Waals surface area (Å²) in [5.41, 5.74) is 0.915. The Morgan fingerprint density at radius 3 is 2.64 bits per heavy atom. The molecule has 0 saturated carbocycles. The predicted octanol–water partition coefficient (Wildman–Crippen LogP) is 1.57. The number of H-pyrrole nitrogens is 1. The van der Waals surface area contributed by atoms with Gasteiger partial charge in [-0.1, -0.05) is 0 Å². The highest BCUT2D eigenvalue weighted by molar-refractivity contribution is 5.68. The van der Waals surface area contributed by atoms with Crippen LogP contribution >= 0.6 is 0 Å². The van der Waals surface area contributed by atoms with E-state index in [2.05, 4.69) is 15.5 Å². The van der Waals surface area contributed by atoms with Crippen LogP contribution in [0.4, 0.5) is 0 Å². The minimum absolute atomic E-state index is 0.0814. The number of β-amino-alcohol motifs (C(OH)–C–C–N with tert-alkyl or cyclic N) is 1. The summed E-state index contributed by atoms with van der Waals surface area (Å²) < 4.78 is 11.0. The van der Waals surface area contributed by atoms with Crippen molar-refractivity contribution in [3.63, 3.8) is 0 Å². The van der Waals surface area contributed by atoms with Gasteiger partial charge in [0, 0.05) is 29.8 Å². The largest absolute Gasteiger partial charge is 0.497 e. The van der Waals surface area contributed by atoms with Gasteiger partial charge < -0.3 is 19.9 Å². The Morgan fingerprint density at radius 2 is 2.04 bits per heavy atom. The number of hydrogen-bond acceptors (Lipinski definition) is 6. The topological polar surface area (TPSA) is 96.5 Å². The normalized spacial score (nSPS) is 12.7. The van der Waals surface area contributed by atoms with Crippen LogP contribution in [-0.2, 0) is 0 Å². The lowest BCUT2D eigenvalue weighted by atomic mass is 10.1. The molecule has 0 aliphatic rings. The predicted molar refractivity (Wildman–Crippen MR) is 96.1 cm³/mol. The summed E-state index contributed by atoms with van der Waals surface area (Å²) >= 11 is 0. The Kier molecular flexibility index (Phi) is 6.17. The van der Waals surface area contributed by atoms with Gasteiger partial charge in [0.05, 0.1) is 12.8 Å². The standard InChI is InChI=1S/C18H25N3O4/c1-18(2,3)19-10-12(22)11-25-16-9-13(24-4)5-6-14(16)15-7-8-17(23)21-20-15/h5-9,12,19,22H,10-11H2,1-4H3,(H,21,23). The van der Waals surface area contributed by atoms with Gasteiger partial charge in [0.25, 0.3) is 5.56 Å². The number of aromatic amines is 1. The van der Waals surface area contributed by atoms with Crippen LogP contribution < -0.4 is 20.3 Å². The monoisotopic (exact) mass is 347 g/mol. The number of aliphatic hydroxyl groups is 1. The molecule has 0 saturated heterocycles. The van der Waals surface area contributed by atoms with E-state index in [0.29, 0.717) is 29.3 Å². The zero-order valence-electron chi connectivity index (χ0n) is 15.0. The lowest BCUT2D eigenvalue weighted by molar-refractivity contribution is 0.100. The molecule has 0 aliphatic heterocycles. The minimum Gasteiger partial charge on any atom is -0.497 e. The maximum Gasteiger partial charge on any atom is 0.264 e. The molecule has 7 heteroatoms. The summed E-state index contributed by atoms with van der Waals surface area (Å²) in [5, 5.41) is 19.8. The lowest BCUT2D eigenvalue weighted by Gasteiger charge is -2.23. The van der Waals surface area contributed by atoms with Gasteiger partial charge in [0.1, 0.15) is 24.2 Å². The van der Waals surface area contributed by atoms with Crippen LogP contribution in [0.15, 0.2) is 35.1 Å². The van der Waals surface area contributed by atoms with Gasteiger partial charge in [0.2, 0.25) is 0 Å². The van der Waals surface area contributed by atoms with Crippen LogP contribution in [0.3, 0.4) is 0 Å². The van der Waals surface area contributed by atoms with Gasteiger partial charge in [-0.2, -0.15) is 5.10 Å². The second-order valence-electron chi connectivity index (χ2n) is 6.76. The fourth-order valence-corrected chi connectivity index (χ4v) is 2.12. The van der Waals surface area contributed by atoms with Gasteiger partial charge in [-0.15, -0.1) is 0 Å². The molecular formula is C18H25N3O4. The SMILES string of the molecule is COc1ccc(-c2ccc(=O)[nH]n2)c(OCC(O)CNC(C)(C)C)c1. The summed E-state index contributed by atoms with van der Waals surface area (Å²) in [5.74, 6) is 1.15. The summed E-state index contributed by atoms with van der Waals surface area (Å²) in [4.78, 5) is 11.2. The van der Waals surface area contributed by atoms with Gasteiger partial charge >= 0.3 is 0 Å². The summed E-state index contributed by atoms with van der Waals surface area (Å²) in [6, 6.07) is 8.33.